The van der Waals surface area contributed by atoms with Crippen LogP contribution in [0.5, 0.6) is 0 Å². The van der Waals surface area contributed by atoms with E-state index in [2.05, 4.69) is 113 Å². The fourth-order valence-electron chi connectivity index (χ4n) is 7.78. The van der Waals surface area contributed by atoms with Crippen molar-refractivity contribution in [1.29, 1.82) is 0 Å². The van der Waals surface area contributed by atoms with Crippen LogP contribution in [0.2, 0.25) is 0 Å². The van der Waals surface area contributed by atoms with Gasteiger partial charge in [-0.1, -0.05) is 62.4 Å². The topological polar surface area (TPSA) is 168 Å². The van der Waals surface area contributed by atoms with Crippen LogP contribution in [0.15, 0.2) is 146 Å². The largest absolute Gasteiger partial charge is 1.00 e. The van der Waals surface area contributed by atoms with Crippen LogP contribution in [0.3, 0.4) is 0 Å². The van der Waals surface area contributed by atoms with Crippen LogP contribution in [0.1, 0.15) is 92.0 Å². The molecule has 0 radical (unpaired) electrons. The molecule has 6 heterocycles. The van der Waals surface area contributed by atoms with Crippen molar-refractivity contribution >= 4 is 34.9 Å². The average Bonchev–Trinajstić information content (AvgIpc) is 3.96. The molecule has 1 saturated heterocycles. The molecule has 1 fully saturated rings. The Morgan fingerprint density at radius 3 is 1.70 bits per heavy atom. The summed E-state index contributed by atoms with van der Waals surface area (Å²) in [7, 11) is 2.16. The Labute approximate surface area is 711 Å². The molecular weight excluding hydrogens is 1980 g/mol. The molecule has 14 nitrogen and oxygen atoms in total. The van der Waals surface area contributed by atoms with Gasteiger partial charge in [-0.25, -0.2) is 17.1 Å². The quantitative estimate of drug-likeness (QED) is 0.125. The maximum absolute atomic E-state index is 12.4. The predicted molar refractivity (Wildman–Crippen MR) is 305 cm³/mol. The zero-order valence-corrected chi connectivity index (χ0v) is 76.6. The SMILES string of the molecule is Cc1[c-]cc(C(=O)Cc2c[c-]c(CN3CCN(C)CC3)cc2)cn1.Cc1[c-]cc(C(=O)Cc2cc(C)cc(-n3cnc(C)c3)c2)cc1.Cc1[c-]cc(NC(=O)c2c[c-]ccn2)cc1.Cc1[c-]nc(NC(=O)c2c[c-]ccn2)cc1.[Rb+].[Rb+].[Rb+].[W].[W].[W].[W]. The number of pyridine rings is 4. The second-order valence-electron chi connectivity index (χ2n) is 19.0. The minimum Gasteiger partial charge on any atom is -0.385 e. The van der Waals surface area contributed by atoms with Gasteiger partial charge in [0.2, 0.25) is 11.8 Å². The third kappa shape index (κ3) is 30.2. The van der Waals surface area contributed by atoms with E-state index in [-0.39, 0.29) is 282 Å². The van der Waals surface area contributed by atoms with E-state index in [0.717, 1.165) is 83.2 Å². The van der Waals surface area contributed by atoms with Crippen molar-refractivity contribution in [1.82, 2.24) is 39.3 Å². The van der Waals surface area contributed by atoms with E-state index in [1.54, 1.807) is 55.0 Å². The first-order valence-electron chi connectivity index (χ1n) is 25.6. The van der Waals surface area contributed by atoms with E-state index in [1.807, 2.05) is 101 Å². The summed E-state index contributed by atoms with van der Waals surface area (Å²) in [4.78, 5) is 73.1. The van der Waals surface area contributed by atoms with E-state index in [0.29, 0.717) is 46.9 Å². The zero-order valence-electron chi connectivity index (χ0n) is 50.1. The van der Waals surface area contributed by atoms with Crippen molar-refractivity contribution in [3.05, 3.63) is 262 Å². The minimum atomic E-state index is -0.304. The van der Waals surface area contributed by atoms with Crippen molar-refractivity contribution in [2.24, 2.45) is 0 Å². The van der Waals surface area contributed by atoms with E-state index in [9.17, 15) is 19.2 Å². The molecule has 1 aliphatic heterocycles. The number of aromatic nitrogens is 6. The number of hydrogen-bond donors (Lipinski definition) is 2. The Kier molecular flexibility index (Phi) is 44.9. The summed E-state index contributed by atoms with van der Waals surface area (Å²) < 4.78 is 1.98. The van der Waals surface area contributed by atoms with Crippen molar-refractivity contribution in [3.8, 4) is 5.69 Å². The minimum absolute atomic E-state index is 0. The molecule has 9 aromatic rings. The molecule has 0 bridgehead atoms. The zero-order chi connectivity index (χ0) is 56.1. The van der Waals surface area contributed by atoms with Crippen molar-refractivity contribution in [2.75, 3.05) is 43.9 Å². The van der Waals surface area contributed by atoms with Crippen LogP contribution in [-0.2, 0) is 104 Å². The summed E-state index contributed by atoms with van der Waals surface area (Å²) in [5, 5.41) is 5.35. The monoisotopic (exact) mass is 2040 g/mol. The molecule has 86 heavy (non-hydrogen) atoms. The van der Waals surface area contributed by atoms with Crippen LogP contribution in [-0.4, -0.2) is 95.9 Å². The first kappa shape index (κ1) is 85.1. The summed E-state index contributed by atoms with van der Waals surface area (Å²) in [6, 6.07) is 52.9. The van der Waals surface area contributed by atoms with Crippen molar-refractivity contribution in [3.63, 3.8) is 0 Å². The number of likely N-dealkylation sites (N-methyl/N-ethyl adjacent to an activating group) is 1. The molecule has 0 atom stereocenters. The van der Waals surface area contributed by atoms with E-state index < -0.39 is 0 Å². The van der Waals surface area contributed by atoms with Gasteiger partial charge in [-0.15, -0.1) is 41.0 Å². The second kappa shape index (κ2) is 45.4. The average molecular weight is 2040 g/mol. The number of benzene rings is 4. The molecule has 4 aromatic carbocycles. The van der Waals surface area contributed by atoms with Crippen LogP contribution in [0, 0.1) is 84.1 Å². The van der Waals surface area contributed by atoms with Crippen LogP contribution >= 0.6 is 0 Å². The Morgan fingerprint density at radius 2 is 1.17 bits per heavy atom. The van der Waals surface area contributed by atoms with Crippen LogP contribution in [0.4, 0.5) is 11.5 Å². The molecule has 1 aliphatic rings. The number of Topliss-reactive ketones (excluding diaryl/α,β-unsaturated/α-hetero) is 2. The summed E-state index contributed by atoms with van der Waals surface area (Å²) >= 11 is 0. The van der Waals surface area contributed by atoms with E-state index in [4.69, 9.17) is 0 Å². The summed E-state index contributed by atoms with van der Waals surface area (Å²) in [6.45, 7) is 17.0. The number of anilines is 2. The van der Waals surface area contributed by atoms with Gasteiger partial charge in [-0.2, -0.15) is 114 Å². The molecule has 0 saturated carbocycles. The number of carbonyl (C=O) groups is 4. The number of rotatable bonds is 13. The Bertz CT molecular complexity index is 3320. The normalized spacial score (nSPS) is 11.1. The van der Waals surface area contributed by atoms with Gasteiger partial charge in [0, 0.05) is 152 Å². The smallest absolute Gasteiger partial charge is 0.385 e. The number of carbonyl (C=O) groups excluding carboxylic acids is 4. The van der Waals surface area contributed by atoms with Gasteiger partial charge in [-0.05, 0) is 63.7 Å². The van der Waals surface area contributed by atoms with Gasteiger partial charge in [0.05, 0.1) is 17.8 Å². The third-order valence-electron chi connectivity index (χ3n) is 12.2. The molecule has 21 heteroatoms. The molecule has 426 valence electrons. The van der Waals surface area contributed by atoms with Crippen LogP contribution in [0.25, 0.3) is 5.69 Å². The van der Waals surface area contributed by atoms with Gasteiger partial charge in [-0.3, -0.25) is 14.5 Å². The van der Waals surface area contributed by atoms with Gasteiger partial charge >= 0.3 is 175 Å². The predicted octanol–water partition coefficient (Wildman–Crippen LogP) is 1.07. The molecule has 0 unspecified atom stereocenters. The second-order valence-corrected chi connectivity index (χ2v) is 19.0. The van der Waals surface area contributed by atoms with Gasteiger partial charge in [0.1, 0.15) is 5.78 Å². The number of nitrogens with one attached hydrogen (secondary N) is 2. The summed E-state index contributed by atoms with van der Waals surface area (Å²) in [6.07, 6.45) is 12.0. The first-order valence-corrected chi connectivity index (χ1v) is 25.6. The number of piperazine rings is 1. The third-order valence-corrected chi connectivity index (χ3v) is 12.2. The standard InChI is InChI=1S/C20H23N3O.C20H19N2O.C13H10N2O.C12H9N3O.3Rb.4W/c1-16-3-8-19(14-21-16)20(24)13-17-4-6-18(7-5-17)15-23-11-9-22(2)10-12-23;1-14-4-6-18(7-5-14)20(23)11-17-8-15(2)9-19(10-17)22-12-16(3)21-13-22;1-10-5-7-11(8-6-10)15-13(16)12-4-2-3-9-14-12;1-9-5-6-11(14-8-9)15-12(16)10-4-2-3-7-13-10;;;;;;;/h4-6,8,14H,9-13,15H2,1-2H3;4,6-10,12-13H,11H2,1-3H3;3-5,7-9H,1H3,(H,15,16);3-7H,1H3,(H,14,15,16);;;;;;;/q-2;-1;2*-2;3*+1;;;;. The molecule has 5 aromatic heterocycles. The number of imidazole rings is 1. The number of aryl methyl sites for hydroxylation is 6. The molecule has 0 spiro atoms. The first-order chi connectivity index (χ1) is 38.1. The van der Waals surface area contributed by atoms with Crippen LogP contribution < -0.4 is 185 Å². The van der Waals surface area contributed by atoms with Gasteiger partial charge in [0.25, 0.3) is 0 Å². The number of nitrogens with zero attached hydrogens (tertiary/aromatic N) is 8. The molecule has 0 aliphatic carbocycles. The number of ketones is 2. The Balaban J connectivity index is 0.00000111. The van der Waals surface area contributed by atoms with Crippen molar-refractivity contribution in [2.45, 2.75) is 60.9 Å². The van der Waals surface area contributed by atoms with Gasteiger partial charge < -0.3 is 49.6 Å². The molecule has 2 amide bonds. The maximum atomic E-state index is 12.4. The van der Waals surface area contributed by atoms with E-state index in [1.165, 1.54) is 24.0 Å². The molecule has 2 N–H and O–H groups in total. The van der Waals surface area contributed by atoms with E-state index >= 15 is 0 Å². The summed E-state index contributed by atoms with van der Waals surface area (Å²) in [5.41, 5.74) is 12.8. The maximum Gasteiger partial charge on any atom is 1.00 e. The summed E-state index contributed by atoms with van der Waals surface area (Å²) in [5.74, 6) is 0.0931. The van der Waals surface area contributed by atoms with Gasteiger partial charge in [0.15, 0.2) is 0 Å². The molecule has 10 rings (SSSR count). The fourth-order valence-corrected chi connectivity index (χ4v) is 7.78. The number of hydrogen-bond acceptors (Lipinski definition) is 11. The van der Waals surface area contributed by atoms with Crippen molar-refractivity contribution < 1.29 is 278 Å². The fraction of sp³-hybridized carbons (Fsp3) is 0.215. The molecular formula is C65H61N10O4Rb3W4-4. The Morgan fingerprint density at radius 1 is 0.570 bits per heavy atom. The number of amides is 2. The Hall–Kier alpha value is -0.941.